The lowest BCUT2D eigenvalue weighted by Crippen LogP contribution is -2.04. The van der Waals surface area contributed by atoms with Gasteiger partial charge in [0.1, 0.15) is 5.75 Å². The second kappa shape index (κ2) is 5.75. The lowest BCUT2D eigenvalue weighted by Gasteiger charge is -2.08. The summed E-state index contributed by atoms with van der Waals surface area (Å²) in [5.74, 6) is 0.587. The topological polar surface area (TPSA) is 52.3 Å². The van der Waals surface area contributed by atoms with Gasteiger partial charge in [0.15, 0.2) is 5.78 Å². The van der Waals surface area contributed by atoms with E-state index >= 15 is 0 Å². The number of ether oxygens (including phenoxy) is 1. The fourth-order valence-electron chi connectivity index (χ4n) is 1.67. The minimum absolute atomic E-state index is 0.103. The number of methoxy groups -OCH3 is 1. The maximum atomic E-state index is 12.5. The first-order valence-electron chi connectivity index (χ1n) is 5.46. The molecule has 0 fully saturated rings. The highest BCUT2D eigenvalue weighted by Crippen LogP contribution is 2.28. The van der Waals surface area contributed by atoms with Crippen molar-refractivity contribution in [2.75, 3.05) is 12.8 Å². The molecule has 0 aliphatic heterocycles. The number of ketones is 1. The summed E-state index contributed by atoms with van der Waals surface area (Å²) in [4.78, 5) is 12.5. The number of hydrogen-bond acceptors (Lipinski definition) is 3. The predicted octanol–water partition coefficient (Wildman–Crippen LogP) is 4.03. The standard InChI is InChI=1S/C14H11Br2NO2/c1-19-9-3-4-10(13(16)7-9)14(18)11-6-8(17)2-5-12(11)15/h2-7H,17H2,1H3. The second-order valence-corrected chi connectivity index (χ2v) is 5.62. The van der Waals surface area contributed by atoms with E-state index in [0.717, 1.165) is 4.47 Å². The van der Waals surface area contributed by atoms with Crippen LogP contribution in [0.4, 0.5) is 5.69 Å². The summed E-state index contributed by atoms with van der Waals surface area (Å²) in [6.07, 6.45) is 0. The van der Waals surface area contributed by atoms with Crippen molar-refractivity contribution < 1.29 is 9.53 Å². The molecule has 0 heterocycles. The molecule has 0 atom stereocenters. The van der Waals surface area contributed by atoms with E-state index in [1.807, 2.05) is 0 Å². The first-order chi connectivity index (χ1) is 9.02. The average molecular weight is 385 g/mol. The highest BCUT2D eigenvalue weighted by molar-refractivity contribution is 9.11. The number of nitrogens with two attached hydrogens (primary N) is 1. The number of nitrogen functional groups attached to an aromatic ring is 1. The Kier molecular flexibility index (Phi) is 4.27. The third kappa shape index (κ3) is 2.98. The van der Waals surface area contributed by atoms with Gasteiger partial charge in [0.2, 0.25) is 0 Å². The molecule has 0 saturated carbocycles. The van der Waals surface area contributed by atoms with Gasteiger partial charge in [-0.3, -0.25) is 4.79 Å². The molecule has 2 aromatic carbocycles. The number of rotatable bonds is 3. The van der Waals surface area contributed by atoms with E-state index in [9.17, 15) is 4.79 Å². The number of halogens is 2. The van der Waals surface area contributed by atoms with Crippen molar-refractivity contribution in [2.24, 2.45) is 0 Å². The van der Waals surface area contributed by atoms with Crippen LogP contribution in [0.1, 0.15) is 15.9 Å². The van der Waals surface area contributed by atoms with E-state index in [1.165, 1.54) is 0 Å². The van der Waals surface area contributed by atoms with Gasteiger partial charge in [-0.2, -0.15) is 0 Å². The van der Waals surface area contributed by atoms with Gasteiger partial charge in [-0.05, 0) is 52.3 Å². The minimum atomic E-state index is -0.103. The summed E-state index contributed by atoms with van der Waals surface area (Å²) in [6.45, 7) is 0. The molecule has 2 rings (SSSR count). The van der Waals surface area contributed by atoms with Crippen LogP contribution in [0.2, 0.25) is 0 Å². The maximum absolute atomic E-state index is 12.5. The van der Waals surface area contributed by atoms with E-state index in [-0.39, 0.29) is 5.78 Å². The van der Waals surface area contributed by atoms with Gasteiger partial charge in [0.25, 0.3) is 0 Å². The molecule has 0 radical (unpaired) electrons. The molecule has 98 valence electrons. The lowest BCUT2D eigenvalue weighted by atomic mass is 10.0. The first-order valence-corrected chi connectivity index (χ1v) is 7.05. The highest BCUT2D eigenvalue weighted by Gasteiger charge is 2.16. The van der Waals surface area contributed by atoms with Crippen molar-refractivity contribution in [3.05, 3.63) is 56.5 Å². The van der Waals surface area contributed by atoms with E-state index < -0.39 is 0 Å². The summed E-state index contributed by atoms with van der Waals surface area (Å²) in [5, 5.41) is 0. The Bertz CT molecular complexity index is 641. The van der Waals surface area contributed by atoms with Crippen LogP contribution >= 0.6 is 31.9 Å². The van der Waals surface area contributed by atoms with Crippen molar-refractivity contribution in [3.8, 4) is 5.75 Å². The Morgan fingerprint density at radius 3 is 2.42 bits per heavy atom. The molecule has 0 aliphatic rings. The molecular formula is C14H11Br2NO2. The fraction of sp³-hybridized carbons (Fsp3) is 0.0714. The van der Waals surface area contributed by atoms with Gasteiger partial charge in [-0.1, -0.05) is 15.9 Å². The maximum Gasteiger partial charge on any atom is 0.195 e. The lowest BCUT2D eigenvalue weighted by molar-refractivity contribution is 0.103. The molecule has 0 aromatic heterocycles. The zero-order valence-corrected chi connectivity index (χ0v) is 13.3. The molecule has 0 unspecified atom stereocenters. The molecule has 2 N–H and O–H groups in total. The number of carbonyl (C=O) groups excluding carboxylic acids is 1. The van der Waals surface area contributed by atoms with Crippen LogP contribution in [-0.2, 0) is 0 Å². The second-order valence-electron chi connectivity index (χ2n) is 3.91. The molecular weight excluding hydrogens is 374 g/mol. The van der Waals surface area contributed by atoms with Crippen LogP contribution < -0.4 is 10.5 Å². The van der Waals surface area contributed by atoms with Gasteiger partial charge >= 0.3 is 0 Å². The summed E-state index contributed by atoms with van der Waals surface area (Å²) in [7, 11) is 1.58. The van der Waals surface area contributed by atoms with Crippen LogP contribution in [0, 0.1) is 0 Å². The van der Waals surface area contributed by atoms with Gasteiger partial charge in [-0.25, -0.2) is 0 Å². The van der Waals surface area contributed by atoms with E-state index in [2.05, 4.69) is 31.9 Å². The quantitative estimate of drug-likeness (QED) is 0.641. The molecule has 0 aliphatic carbocycles. The van der Waals surface area contributed by atoms with E-state index in [1.54, 1.807) is 43.5 Å². The summed E-state index contributed by atoms with van der Waals surface area (Å²) >= 11 is 6.75. The van der Waals surface area contributed by atoms with Crippen LogP contribution in [0.5, 0.6) is 5.75 Å². The number of benzene rings is 2. The summed E-state index contributed by atoms with van der Waals surface area (Å²) in [6, 6.07) is 10.4. The average Bonchev–Trinajstić information content (AvgIpc) is 2.40. The van der Waals surface area contributed by atoms with Gasteiger partial charge < -0.3 is 10.5 Å². The molecule has 3 nitrogen and oxygen atoms in total. The summed E-state index contributed by atoms with van der Waals surface area (Å²) in [5.41, 5.74) is 7.37. The highest BCUT2D eigenvalue weighted by atomic mass is 79.9. The monoisotopic (exact) mass is 383 g/mol. The number of carbonyl (C=O) groups is 1. The Balaban J connectivity index is 2.47. The van der Waals surface area contributed by atoms with Crippen LogP contribution in [0.15, 0.2) is 45.3 Å². The largest absolute Gasteiger partial charge is 0.497 e. The van der Waals surface area contributed by atoms with Crippen molar-refractivity contribution in [1.29, 1.82) is 0 Å². The molecule has 0 amide bonds. The third-order valence-corrected chi connectivity index (χ3v) is 4.00. The molecule has 19 heavy (non-hydrogen) atoms. The molecule has 0 bridgehead atoms. The van der Waals surface area contributed by atoms with Gasteiger partial charge in [0.05, 0.1) is 7.11 Å². The van der Waals surface area contributed by atoms with E-state index in [0.29, 0.717) is 27.0 Å². The van der Waals surface area contributed by atoms with Crippen molar-refractivity contribution >= 4 is 43.3 Å². The normalized spacial score (nSPS) is 10.3. The molecule has 2 aromatic rings. The van der Waals surface area contributed by atoms with Crippen LogP contribution in [0.25, 0.3) is 0 Å². The number of anilines is 1. The Morgan fingerprint density at radius 1 is 1.05 bits per heavy atom. The first kappa shape index (κ1) is 14.1. The Hall–Kier alpha value is -1.33. The van der Waals surface area contributed by atoms with Crippen LogP contribution in [-0.4, -0.2) is 12.9 Å². The molecule has 0 saturated heterocycles. The number of hydrogen-bond donors (Lipinski definition) is 1. The van der Waals surface area contributed by atoms with Crippen LogP contribution in [0.3, 0.4) is 0 Å². The Labute approximate surface area is 128 Å². The third-order valence-electron chi connectivity index (χ3n) is 2.66. The van der Waals surface area contributed by atoms with Gasteiger partial charge in [-0.15, -0.1) is 0 Å². The van der Waals surface area contributed by atoms with Gasteiger partial charge in [0, 0.05) is 25.8 Å². The zero-order chi connectivity index (χ0) is 14.0. The van der Waals surface area contributed by atoms with Crippen molar-refractivity contribution in [1.82, 2.24) is 0 Å². The van der Waals surface area contributed by atoms with E-state index in [4.69, 9.17) is 10.5 Å². The molecule has 0 spiro atoms. The Morgan fingerprint density at radius 2 is 1.79 bits per heavy atom. The van der Waals surface area contributed by atoms with Crippen molar-refractivity contribution in [2.45, 2.75) is 0 Å². The predicted molar refractivity (Wildman–Crippen MR) is 82.7 cm³/mol. The summed E-state index contributed by atoms with van der Waals surface area (Å²) < 4.78 is 6.51. The smallest absolute Gasteiger partial charge is 0.195 e. The fourth-order valence-corrected chi connectivity index (χ4v) is 2.63. The SMILES string of the molecule is COc1ccc(C(=O)c2cc(N)ccc2Br)c(Br)c1. The van der Waals surface area contributed by atoms with Crippen molar-refractivity contribution in [3.63, 3.8) is 0 Å². The zero-order valence-electron chi connectivity index (χ0n) is 10.1. The molecule has 5 heteroatoms. The minimum Gasteiger partial charge on any atom is -0.497 e.